The molecule has 0 radical (unpaired) electrons. The van der Waals surface area contributed by atoms with Crippen molar-refractivity contribution in [3.63, 3.8) is 0 Å². The molecule has 1 aromatic rings. The van der Waals surface area contributed by atoms with Gasteiger partial charge in [0.05, 0.1) is 0 Å². The molecule has 1 aliphatic heterocycles. The minimum absolute atomic E-state index is 0.242. The Kier molecular flexibility index (Phi) is 4.26. The molecule has 1 amide bonds. The highest BCUT2D eigenvalue weighted by molar-refractivity contribution is 9.10. The molecule has 4 heteroatoms. The fourth-order valence-corrected chi connectivity index (χ4v) is 3.06. The summed E-state index contributed by atoms with van der Waals surface area (Å²) < 4.78 is 1.07. The molecule has 0 bridgehead atoms. The van der Waals surface area contributed by atoms with Gasteiger partial charge in [0, 0.05) is 28.5 Å². The van der Waals surface area contributed by atoms with Crippen molar-refractivity contribution in [3.8, 4) is 0 Å². The zero-order chi connectivity index (χ0) is 12.4. The first-order valence-electron chi connectivity index (χ1n) is 5.80. The van der Waals surface area contributed by atoms with E-state index in [1.807, 2.05) is 17.0 Å². The molecular formula is C13H15Br2NO. The van der Waals surface area contributed by atoms with Gasteiger partial charge in [0.1, 0.15) is 0 Å². The lowest BCUT2D eigenvalue weighted by Crippen LogP contribution is -2.25. The Morgan fingerprint density at radius 1 is 1.47 bits per heavy atom. The van der Waals surface area contributed by atoms with Crippen LogP contribution in [0.25, 0.3) is 0 Å². The topological polar surface area (TPSA) is 20.3 Å². The SMILES string of the molecule is CCc1cc(Br)ccc1N1CC(CBr)CC1=O. The molecule has 2 nitrogen and oxygen atoms in total. The molecule has 1 unspecified atom stereocenters. The van der Waals surface area contributed by atoms with E-state index in [-0.39, 0.29) is 5.91 Å². The Morgan fingerprint density at radius 2 is 2.24 bits per heavy atom. The Labute approximate surface area is 119 Å². The molecule has 0 aliphatic carbocycles. The number of nitrogens with zero attached hydrogens (tertiary/aromatic N) is 1. The fraction of sp³-hybridized carbons (Fsp3) is 0.462. The van der Waals surface area contributed by atoms with Crippen LogP contribution in [0.3, 0.4) is 0 Å². The van der Waals surface area contributed by atoms with Crippen LogP contribution >= 0.6 is 31.9 Å². The molecule has 0 spiro atoms. The van der Waals surface area contributed by atoms with Crippen LogP contribution in [0.4, 0.5) is 5.69 Å². The zero-order valence-electron chi connectivity index (χ0n) is 9.75. The van der Waals surface area contributed by atoms with Crippen LogP contribution in [0.2, 0.25) is 0 Å². The van der Waals surface area contributed by atoms with Gasteiger partial charge in [0.15, 0.2) is 0 Å². The number of alkyl halides is 1. The molecule has 17 heavy (non-hydrogen) atoms. The smallest absolute Gasteiger partial charge is 0.227 e. The average molecular weight is 361 g/mol. The number of carbonyl (C=O) groups excluding carboxylic acids is 1. The Hall–Kier alpha value is -0.350. The minimum atomic E-state index is 0.242. The number of hydrogen-bond acceptors (Lipinski definition) is 1. The van der Waals surface area contributed by atoms with E-state index >= 15 is 0 Å². The second-order valence-corrected chi connectivity index (χ2v) is 5.92. The van der Waals surface area contributed by atoms with Gasteiger partial charge in [-0.1, -0.05) is 38.8 Å². The summed E-state index contributed by atoms with van der Waals surface area (Å²) in [4.78, 5) is 13.9. The van der Waals surface area contributed by atoms with E-state index in [2.05, 4.69) is 44.8 Å². The lowest BCUT2D eigenvalue weighted by molar-refractivity contribution is -0.117. The third-order valence-electron chi connectivity index (χ3n) is 3.14. The number of rotatable bonds is 3. The fourth-order valence-electron chi connectivity index (χ4n) is 2.22. The van der Waals surface area contributed by atoms with Crippen molar-refractivity contribution in [3.05, 3.63) is 28.2 Å². The van der Waals surface area contributed by atoms with E-state index in [0.717, 1.165) is 28.5 Å². The van der Waals surface area contributed by atoms with Crippen molar-refractivity contribution in [1.29, 1.82) is 0 Å². The number of aryl methyl sites for hydroxylation is 1. The molecule has 0 N–H and O–H groups in total. The van der Waals surface area contributed by atoms with Crippen LogP contribution in [-0.2, 0) is 11.2 Å². The summed E-state index contributed by atoms with van der Waals surface area (Å²) in [5, 5.41) is 0.896. The molecule has 1 heterocycles. The van der Waals surface area contributed by atoms with Crippen molar-refractivity contribution in [2.45, 2.75) is 19.8 Å². The molecule has 1 aliphatic rings. The summed E-state index contributed by atoms with van der Waals surface area (Å²) in [6, 6.07) is 6.14. The number of amides is 1. The minimum Gasteiger partial charge on any atom is -0.312 e. The van der Waals surface area contributed by atoms with Crippen LogP contribution in [0.15, 0.2) is 22.7 Å². The number of anilines is 1. The van der Waals surface area contributed by atoms with E-state index in [1.54, 1.807) is 0 Å². The van der Waals surface area contributed by atoms with Gasteiger partial charge in [-0.2, -0.15) is 0 Å². The van der Waals surface area contributed by atoms with Gasteiger partial charge in [0.2, 0.25) is 5.91 Å². The van der Waals surface area contributed by atoms with Crippen molar-refractivity contribution in [1.82, 2.24) is 0 Å². The maximum absolute atomic E-state index is 12.0. The number of benzene rings is 1. The molecular weight excluding hydrogens is 346 g/mol. The van der Waals surface area contributed by atoms with Crippen molar-refractivity contribution in [2.24, 2.45) is 5.92 Å². The predicted molar refractivity (Wildman–Crippen MR) is 77.8 cm³/mol. The monoisotopic (exact) mass is 359 g/mol. The molecule has 1 aromatic carbocycles. The number of hydrogen-bond donors (Lipinski definition) is 0. The molecule has 0 aromatic heterocycles. The first-order chi connectivity index (χ1) is 8.15. The van der Waals surface area contributed by atoms with Crippen molar-refractivity contribution in [2.75, 3.05) is 16.8 Å². The van der Waals surface area contributed by atoms with Crippen molar-refractivity contribution < 1.29 is 4.79 Å². The number of carbonyl (C=O) groups is 1. The van der Waals surface area contributed by atoms with Crippen LogP contribution in [0.1, 0.15) is 18.9 Å². The standard InChI is InChI=1S/C13H15Br2NO/c1-2-10-6-11(15)3-4-12(10)16-8-9(7-14)5-13(16)17/h3-4,6,9H,2,5,7-8H2,1H3. The van der Waals surface area contributed by atoms with E-state index in [4.69, 9.17) is 0 Å². The molecule has 92 valence electrons. The van der Waals surface area contributed by atoms with E-state index in [9.17, 15) is 4.79 Å². The predicted octanol–water partition coefficient (Wildman–Crippen LogP) is 3.76. The van der Waals surface area contributed by atoms with Gasteiger partial charge >= 0.3 is 0 Å². The average Bonchev–Trinajstić information content (AvgIpc) is 2.70. The maximum Gasteiger partial charge on any atom is 0.227 e. The van der Waals surface area contributed by atoms with Gasteiger partial charge in [-0.3, -0.25) is 4.79 Å². The maximum atomic E-state index is 12.0. The van der Waals surface area contributed by atoms with Gasteiger partial charge in [-0.25, -0.2) is 0 Å². The first kappa shape index (κ1) is 13.1. The molecule has 1 fully saturated rings. The summed E-state index contributed by atoms with van der Waals surface area (Å²) in [6.45, 7) is 2.95. The Bertz CT molecular complexity index is 433. The van der Waals surface area contributed by atoms with E-state index in [1.165, 1.54) is 5.56 Å². The molecule has 2 rings (SSSR count). The second kappa shape index (κ2) is 5.53. The number of halogens is 2. The highest BCUT2D eigenvalue weighted by Crippen LogP contribution is 2.31. The summed E-state index contributed by atoms with van der Waals surface area (Å²) in [5.74, 6) is 0.683. The third kappa shape index (κ3) is 2.74. The zero-order valence-corrected chi connectivity index (χ0v) is 12.9. The van der Waals surface area contributed by atoms with Crippen molar-refractivity contribution >= 4 is 43.5 Å². The van der Waals surface area contributed by atoms with E-state index < -0.39 is 0 Å². The normalized spacial score (nSPS) is 20.1. The van der Waals surface area contributed by atoms with Gasteiger partial charge in [-0.15, -0.1) is 0 Å². The van der Waals surface area contributed by atoms with Crippen LogP contribution < -0.4 is 4.90 Å². The van der Waals surface area contributed by atoms with Crippen LogP contribution in [0.5, 0.6) is 0 Å². The molecule has 1 atom stereocenters. The van der Waals surface area contributed by atoms with Gasteiger partial charge < -0.3 is 4.90 Å². The second-order valence-electron chi connectivity index (χ2n) is 4.36. The lowest BCUT2D eigenvalue weighted by Gasteiger charge is -2.20. The van der Waals surface area contributed by atoms with Gasteiger partial charge in [-0.05, 0) is 36.1 Å². The highest BCUT2D eigenvalue weighted by atomic mass is 79.9. The lowest BCUT2D eigenvalue weighted by atomic mass is 10.1. The van der Waals surface area contributed by atoms with Gasteiger partial charge in [0.25, 0.3) is 0 Å². The van der Waals surface area contributed by atoms with Crippen LogP contribution in [-0.4, -0.2) is 17.8 Å². The van der Waals surface area contributed by atoms with Crippen LogP contribution in [0, 0.1) is 5.92 Å². The summed E-state index contributed by atoms with van der Waals surface area (Å²) >= 11 is 6.94. The third-order valence-corrected chi connectivity index (χ3v) is 4.55. The summed E-state index contributed by atoms with van der Waals surface area (Å²) in [7, 11) is 0. The van der Waals surface area contributed by atoms with E-state index in [0.29, 0.717) is 12.3 Å². The first-order valence-corrected chi connectivity index (χ1v) is 7.72. The largest absolute Gasteiger partial charge is 0.312 e. The summed E-state index contributed by atoms with van der Waals surface area (Å²) in [5.41, 5.74) is 2.30. The molecule has 1 saturated heterocycles. The Morgan fingerprint density at radius 3 is 2.82 bits per heavy atom. The quantitative estimate of drug-likeness (QED) is 0.751. The summed E-state index contributed by atoms with van der Waals surface area (Å²) in [6.07, 6.45) is 1.60. The highest BCUT2D eigenvalue weighted by Gasteiger charge is 2.30. The molecule has 0 saturated carbocycles. The Balaban J connectivity index is 2.31.